The summed E-state index contributed by atoms with van der Waals surface area (Å²) in [5.41, 5.74) is 0. The largest absolute Gasteiger partial charge is 0.462 e. The molecule has 0 aliphatic carbocycles. The smallest absolute Gasteiger partial charge is 0.306 e. The van der Waals surface area contributed by atoms with E-state index in [9.17, 15) is 14.4 Å². The Balaban J connectivity index is 4.34. The zero-order valence-corrected chi connectivity index (χ0v) is 46.2. The van der Waals surface area contributed by atoms with E-state index in [1.807, 2.05) is 0 Å². The fraction of sp³-hybridized carbons (Fsp3) is 0.677. The van der Waals surface area contributed by atoms with Crippen LogP contribution >= 0.6 is 0 Å². The number of carbonyl (C=O) groups is 3. The number of hydrogen-bond donors (Lipinski definition) is 0. The number of allylic oxidation sites excluding steroid dienone is 18. The number of carbonyl (C=O) groups excluding carboxylic acids is 3. The highest BCUT2D eigenvalue weighted by atomic mass is 16.6. The molecule has 0 spiro atoms. The first-order chi connectivity index (χ1) is 35.0. The van der Waals surface area contributed by atoms with Gasteiger partial charge in [0.1, 0.15) is 13.2 Å². The van der Waals surface area contributed by atoms with Crippen molar-refractivity contribution in [1.82, 2.24) is 0 Å². The third-order valence-electron chi connectivity index (χ3n) is 12.3. The van der Waals surface area contributed by atoms with Gasteiger partial charge in [0.15, 0.2) is 6.10 Å². The van der Waals surface area contributed by atoms with E-state index < -0.39 is 6.10 Å². The van der Waals surface area contributed by atoms with Crippen LogP contribution in [0.3, 0.4) is 0 Å². The van der Waals surface area contributed by atoms with Crippen molar-refractivity contribution in [2.45, 2.75) is 271 Å². The molecule has 0 fully saturated rings. The summed E-state index contributed by atoms with van der Waals surface area (Å²) in [5.74, 6) is -0.924. The zero-order chi connectivity index (χ0) is 51.4. The molecule has 0 aromatic heterocycles. The first-order valence-electron chi connectivity index (χ1n) is 29.4. The summed E-state index contributed by atoms with van der Waals surface area (Å²) in [7, 11) is 0. The number of esters is 3. The lowest BCUT2D eigenvalue weighted by Crippen LogP contribution is -2.30. The van der Waals surface area contributed by atoms with Crippen LogP contribution in [0, 0.1) is 0 Å². The second-order valence-electron chi connectivity index (χ2n) is 19.2. The number of unbranched alkanes of at least 4 members (excludes halogenated alkanes) is 23. The molecule has 0 aromatic rings. The molecule has 0 aliphatic heterocycles. The van der Waals surface area contributed by atoms with E-state index in [1.165, 1.54) is 77.0 Å². The van der Waals surface area contributed by atoms with Crippen molar-refractivity contribution < 1.29 is 28.6 Å². The molecule has 0 radical (unpaired) electrons. The molecule has 0 bridgehead atoms. The molecule has 0 saturated heterocycles. The van der Waals surface area contributed by atoms with Crippen molar-refractivity contribution in [3.63, 3.8) is 0 Å². The first kappa shape index (κ1) is 67.1. The lowest BCUT2D eigenvalue weighted by Gasteiger charge is -2.18. The van der Waals surface area contributed by atoms with Gasteiger partial charge in [-0.25, -0.2) is 0 Å². The quantitative estimate of drug-likeness (QED) is 0.0261. The average molecular weight is 986 g/mol. The standard InChI is InChI=1S/C65H108O6/c1-4-7-10-13-16-19-22-24-26-28-29-30-31-32-33-34-35-36-37-38-40-41-43-46-49-52-55-58-64(67)70-61-62(60-69-63(66)57-54-51-48-45-21-18-15-12-9-6-3)71-65(68)59-56-53-50-47-44-42-39-27-25-23-20-17-14-11-8-5-2/h7,10,16,19-20,23-24,26-27,29-30,32-33,35-36,38-40,62H,4-6,8-9,11-15,17-18,21-22,25,28,31,34,37,41-61H2,1-3H3/b10-7-,19-16-,23-20-,26-24-,30-29-,33-32-,36-35-,39-27-,40-38-. The second-order valence-corrected chi connectivity index (χ2v) is 19.2. The molecule has 0 rings (SSSR count). The molecule has 1 atom stereocenters. The van der Waals surface area contributed by atoms with E-state index in [0.29, 0.717) is 19.3 Å². The predicted molar refractivity (Wildman–Crippen MR) is 307 cm³/mol. The minimum atomic E-state index is -0.793. The van der Waals surface area contributed by atoms with E-state index in [4.69, 9.17) is 14.2 Å². The van der Waals surface area contributed by atoms with Crippen molar-refractivity contribution in [3.05, 3.63) is 109 Å². The zero-order valence-electron chi connectivity index (χ0n) is 46.2. The lowest BCUT2D eigenvalue weighted by molar-refractivity contribution is -0.167. The molecule has 71 heavy (non-hydrogen) atoms. The highest BCUT2D eigenvalue weighted by Gasteiger charge is 2.19. The van der Waals surface area contributed by atoms with Crippen molar-refractivity contribution in [2.75, 3.05) is 13.2 Å². The van der Waals surface area contributed by atoms with Gasteiger partial charge >= 0.3 is 17.9 Å². The van der Waals surface area contributed by atoms with E-state index in [1.54, 1.807) is 0 Å². The molecule has 6 nitrogen and oxygen atoms in total. The summed E-state index contributed by atoms with van der Waals surface area (Å²) < 4.78 is 16.8. The second kappa shape index (κ2) is 58.6. The minimum Gasteiger partial charge on any atom is -0.462 e. The van der Waals surface area contributed by atoms with Crippen molar-refractivity contribution in [1.29, 1.82) is 0 Å². The van der Waals surface area contributed by atoms with Gasteiger partial charge in [-0.1, -0.05) is 246 Å². The maximum Gasteiger partial charge on any atom is 0.306 e. The van der Waals surface area contributed by atoms with Gasteiger partial charge in [0.2, 0.25) is 0 Å². The summed E-state index contributed by atoms with van der Waals surface area (Å²) in [5, 5.41) is 0. The predicted octanol–water partition coefficient (Wildman–Crippen LogP) is 19.9. The summed E-state index contributed by atoms with van der Waals surface area (Å²) in [6.45, 7) is 6.47. The Hall–Kier alpha value is -3.93. The monoisotopic (exact) mass is 985 g/mol. The molecule has 6 heteroatoms. The highest BCUT2D eigenvalue weighted by Crippen LogP contribution is 2.14. The molecule has 0 saturated carbocycles. The van der Waals surface area contributed by atoms with Crippen LogP contribution in [-0.4, -0.2) is 37.2 Å². The Morgan fingerprint density at radius 3 is 0.873 bits per heavy atom. The van der Waals surface area contributed by atoms with Gasteiger partial charge in [-0.05, 0) is 109 Å². The highest BCUT2D eigenvalue weighted by molar-refractivity contribution is 5.71. The van der Waals surface area contributed by atoms with Crippen LogP contribution in [0.1, 0.15) is 265 Å². The summed E-state index contributed by atoms with van der Waals surface area (Å²) in [6, 6.07) is 0. The molecule has 0 N–H and O–H groups in total. The fourth-order valence-electron chi connectivity index (χ4n) is 7.86. The third-order valence-corrected chi connectivity index (χ3v) is 12.3. The lowest BCUT2D eigenvalue weighted by atomic mass is 10.1. The molecule has 0 aliphatic rings. The molecule has 0 aromatic carbocycles. The summed E-state index contributed by atoms with van der Waals surface area (Å²) in [6.07, 6.45) is 79.4. The molecule has 404 valence electrons. The van der Waals surface area contributed by atoms with Crippen LogP contribution in [0.4, 0.5) is 0 Å². The number of ether oxygens (including phenoxy) is 3. The van der Waals surface area contributed by atoms with Gasteiger partial charge in [-0.3, -0.25) is 14.4 Å². The number of hydrogen-bond acceptors (Lipinski definition) is 6. The van der Waals surface area contributed by atoms with Crippen LogP contribution in [0.2, 0.25) is 0 Å². The van der Waals surface area contributed by atoms with Crippen molar-refractivity contribution in [3.8, 4) is 0 Å². The molecule has 1 unspecified atom stereocenters. The summed E-state index contributed by atoms with van der Waals surface area (Å²) in [4.78, 5) is 38.1. The van der Waals surface area contributed by atoms with Gasteiger partial charge in [-0.15, -0.1) is 0 Å². The van der Waals surface area contributed by atoms with Crippen molar-refractivity contribution >= 4 is 17.9 Å². The van der Waals surface area contributed by atoms with E-state index in [-0.39, 0.29) is 31.1 Å². The maximum atomic E-state index is 12.8. The van der Waals surface area contributed by atoms with E-state index in [2.05, 4.69) is 130 Å². The molecule has 0 amide bonds. The van der Waals surface area contributed by atoms with Gasteiger partial charge in [0, 0.05) is 19.3 Å². The Morgan fingerprint density at radius 2 is 0.549 bits per heavy atom. The Kier molecular flexibility index (Phi) is 55.4. The van der Waals surface area contributed by atoms with E-state index >= 15 is 0 Å². The average Bonchev–Trinajstić information content (AvgIpc) is 3.37. The SMILES string of the molecule is CC/C=C\C/C=C\C/C=C\C/C=C\C/C=C\C/C=C\C/C=C\CCCCCCCC(=O)OCC(COC(=O)CCCCCCCCCCCC)OC(=O)CCCCCCC/C=C\C/C=C\CCCCCC. The Labute approximate surface area is 438 Å². The fourth-order valence-corrected chi connectivity index (χ4v) is 7.86. The molecular formula is C65H108O6. The Morgan fingerprint density at radius 1 is 0.296 bits per heavy atom. The Bertz CT molecular complexity index is 1460. The van der Waals surface area contributed by atoms with Crippen LogP contribution in [-0.2, 0) is 28.6 Å². The topological polar surface area (TPSA) is 78.9 Å². The third kappa shape index (κ3) is 56.9. The number of rotatable bonds is 52. The summed E-state index contributed by atoms with van der Waals surface area (Å²) >= 11 is 0. The molecule has 0 heterocycles. The van der Waals surface area contributed by atoms with Gasteiger partial charge in [0.05, 0.1) is 0 Å². The van der Waals surface area contributed by atoms with Crippen LogP contribution in [0.25, 0.3) is 0 Å². The van der Waals surface area contributed by atoms with Crippen LogP contribution in [0.5, 0.6) is 0 Å². The van der Waals surface area contributed by atoms with Crippen LogP contribution in [0.15, 0.2) is 109 Å². The minimum absolute atomic E-state index is 0.0896. The normalized spacial score (nSPS) is 12.9. The van der Waals surface area contributed by atoms with Gasteiger partial charge in [-0.2, -0.15) is 0 Å². The van der Waals surface area contributed by atoms with Gasteiger partial charge < -0.3 is 14.2 Å². The van der Waals surface area contributed by atoms with Crippen LogP contribution < -0.4 is 0 Å². The van der Waals surface area contributed by atoms with Gasteiger partial charge in [0.25, 0.3) is 0 Å². The van der Waals surface area contributed by atoms with E-state index in [0.717, 1.165) is 148 Å². The maximum absolute atomic E-state index is 12.8. The first-order valence-corrected chi connectivity index (χ1v) is 29.4. The van der Waals surface area contributed by atoms with Crippen molar-refractivity contribution in [2.24, 2.45) is 0 Å². The molecular weight excluding hydrogens is 877 g/mol.